The van der Waals surface area contributed by atoms with Crippen molar-refractivity contribution in [1.82, 2.24) is 0 Å². The van der Waals surface area contributed by atoms with Gasteiger partial charge in [-0.25, -0.2) is 0 Å². The van der Waals surface area contributed by atoms with Gasteiger partial charge in [0.2, 0.25) is 0 Å². The summed E-state index contributed by atoms with van der Waals surface area (Å²) in [5.74, 6) is 0. The van der Waals surface area contributed by atoms with Gasteiger partial charge in [0.15, 0.2) is 0 Å². The van der Waals surface area contributed by atoms with Crippen LogP contribution in [0.4, 0.5) is 5.69 Å². The van der Waals surface area contributed by atoms with E-state index in [1.54, 1.807) is 7.11 Å². The van der Waals surface area contributed by atoms with Crippen molar-refractivity contribution >= 4 is 21.6 Å². The van der Waals surface area contributed by atoms with Crippen molar-refractivity contribution in [2.24, 2.45) is 5.73 Å². The number of methoxy groups -OCH3 is 1. The highest BCUT2D eigenvalue weighted by atomic mass is 79.9. The molecule has 1 aromatic carbocycles. The molecular formula is C10H15BrN2O. The number of nitrogens with one attached hydrogen (secondary N) is 1. The van der Waals surface area contributed by atoms with Gasteiger partial charge in [-0.3, -0.25) is 0 Å². The SMILES string of the molecule is COC(CN)CNc1ccc(Br)cc1. The lowest BCUT2D eigenvalue weighted by Crippen LogP contribution is -2.29. The highest BCUT2D eigenvalue weighted by Gasteiger charge is 2.03. The normalized spacial score (nSPS) is 12.5. The van der Waals surface area contributed by atoms with Gasteiger partial charge >= 0.3 is 0 Å². The molecule has 0 heterocycles. The summed E-state index contributed by atoms with van der Waals surface area (Å²) >= 11 is 3.38. The molecule has 1 unspecified atom stereocenters. The number of nitrogens with two attached hydrogens (primary N) is 1. The first kappa shape index (κ1) is 11.5. The van der Waals surface area contributed by atoms with Gasteiger partial charge in [0.25, 0.3) is 0 Å². The Hall–Kier alpha value is -0.580. The molecular weight excluding hydrogens is 244 g/mol. The Morgan fingerprint density at radius 2 is 2.07 bits per heavy atom. The summed E-state index contributed by atoms with van der Waals surface area (Å²) < 4.78 is 6.22. The third-order valence-electron chi connectivity index (χ3n) is 1.97. The van der Waals surface area contributed by atoms with Crippen molar-refractivity contribution in [3.8, 4) is 0 Å². The first-order valence-electron chi connectivity index (χ1n) is 4.48. The zero-order valence-corrected chi connectivity index (χ0v) is 9.75. The molecule has 0 fully saturated rings. The number of hydrogen-bond acceptors (Lipinski definition) is 3. The van der Waals surface area contributed by atoms with Gasteiger partial charge in [0.05, 0.1) is 6.10 Å². The van der Waals surface area contributed by atoms with E-state index in [0.717, 1.165) is 16.7 Å². The van der Waals surface area contributed by atoms with Crippen LogP contribution in [-0.4, -0.2) is 26.3 Å². The van der Waals surface area contributed by atoms with Crippen LogP contribution in [-0.2, 0) is 4.74 Å². The molecule has 0 saturated heterocycles. The zero-order valence-electron chi connectivity index (χ0n) is 8.16. The highest BCUT2D eigenvalue weighted by molar-refractivity contribution is 9.10. The van der Waals surface area contributed by atoms with Crippen LogP contribution < -0.4 is 11.1 Å². The van der Waals surface area contributed by atoms with Crippen LogP contribution in [0.25, 0.3) is 0 Å². The molecule has 3 N–H and O–H groups in total. The van der Waals surface area contributed by atoms with E-state index in [0.29, 0.717) is 6.54 Å². The molecule has 1 aromatic rings. The highest BCUT2D eigenvalue weighted by Crippen LogP contribution is 2.13. The van der Waals surface area contributed by atoms with E-state index in [-0.39, 0.29) is 6.10 Å². The summed E-state index contributed by atoms with van der Waals surface area (Å²) in [7, 11) is 1.67. The molecule has 0 aromatic heterocycles. The Bertz CT molecular complexity index is 259. The minimum Gasteiger partial charge on any atom is -0.382 e. The Morgan fingerprint density at radius 1 is 1.43 bits per heavy atom. The molecule has 0 aliphatic heterocycles. The van der Waals surface area contributed by atoms with Crippen LogP contribution in [0.3, 0.4) is 0 Å². The first-order valence-corrected chi connectivity index (χ1v) is 5.28. The first-order chi connectivity index (χ1) is 6.76. The van der Waals surface area contributed by atoms with Crippen molar-refractivity contribution < 1.29 is 4.74 Å². The summed E-state index contributed by atoms with van der Waals surface area (Å²) in [6.45, 7) is 1.26. The molecule has 3 nitrogen and oxygen atoms in total. The van der Waals surface area contributed by atoms with E-state index in [9.17, 15) is 0 Å². The smallest absolute Gasteiger partial charge is 0.0865 e. The second-order valence-corrected chi connectivity index (χ2v) is 3.90. The van der Waals surface area contributed by atoms with Crippen molar-refractivity contribution in [2.45, 2.75) is 6.10 Å². The zero-order chi connectivity index (χ0) is 10.4. The largest absolute Gasteiger partial charge is 0.382 e. The second-order valence-electron chi connectivity index (χ2n) is 2.98. The molecule has 14 heavy (non-hydrogen) atoms. The Balaban J connectivity index is 2.41. The maximum absolute atomic E-state index is 5.50. The van der Waals surface area contributed by atoms with Gasteiger partial charge in [-0.2, -0.15) is 0 Å². The lowest BCUT2D eigenvalue weighted by molar-refractivity contribution is 0.120. The lowest BCUT2D eigenvalue weighted by Gasteiger charge is -2.14. The van der Waals surface area contributed by atoms with Crippen LogP contribution in [0.5, 0.6) is 0 Å². The molecule has 1 rings (SSSR count). The van der Waals surface area contributed by atoms with Crippen LogP contribution in [0.1, 0.15) is 0 Å². The second kappa shape index (κ2) is 6.01. The topological polar surface area (TPSA) is 47.3 Å². The predicted octanol–water partition coefficient (Wildman–Crippen LogP) is 1.83. The van der Waals surface area contributed by atoms with Gasteiger partial charge in [-0.05, 0) is 24.3 Å². The summed E-state index contributed by atoms with van der Waals surface area (Å²) in [6, 6.07) is 8.00. The summed E-state index contributed by atoms with van der Waals surface area (Å²) in [6.07, 6.45) is 0.0682. The third-order valence-corrected chi connectivity index (χ3v) is 2.50. The van der Waals surface area contributed by atoms with Gasteiger partial charge in [0.1, 0.15) is 0 Å². The quantitative estimate of drug-likeness (QED) is 0.848. The van der Waals surface area contributed by atoms with Crippen LogP contribution >= 0.6 is 15.9 Å². The fourth-order valence-electron chi connectivity index (χ4n) is 1.06. The predicted molar refractivity (Wildman–Crippen MR) is 62.5 cm³/mol. The molecule has 0 saturated carbocycles. The standard InChI is InChI=1S/C10H15BrN2O/c1-14-10(6-12)7-13-9-4-2-8(11)3-5-9/h2-5,10,13H,6-7,12H2,1H3. The Labute approximate surface area is 92.8 Å². The molecule has 0 bridgehead atoms. The molecule has 0 aliphatic carbocycles. The monoisotopic (exact) mass is 258 g/mol. The van der Waals surface area contributed by atoms with E-state index >= 15 is 0 Å². The number of rotatable bonds is 5. The Kier molecular flexibility index (Phi) is 4.93. The van der Waals surface area contributed by atoms with Crippen LogP contribution in [0, 0.1) is 0 Å². The van der Waals surface area contributed by atoms with Gasteiger partial charge in [-0.15, -0.1) is 0 Å². The van der Waals surface area contributed by atoms with Gasteiger partial charge in [-0.1, -0.05) is 15.9 Å². The average Bonchev–Trinajstić information content (AvgIpc) is 2.22. The minimum absolute atomic E-state index is 0.0682. The van der Waals surface area contributed by atoms with E-state index < -0.39 is 0 Å². The van der Waals surface area contributed by atoms with Crippen LogP contribution in [0.15, 0.2) is 28.7 Å². The van der Waals surface area contributed by atoms with Gasteiger partial charge in [0, 0.05) is 30.4 Å². The van der Waals surface area contributed by atoms with E-state index in [2.05, 4.69) is 21.2 Å². The number of ether oxygens (including phenoxy) is 1. The lowest BCUT2D eigenvalue weighted by atomic mass is 10.3. The maximum Gasteiger partial charge on any atom is 0.0865 e. The fourth-order valence-corrected chi connectivity index (χ4v) is 1.33. The molecule has 4 heteroatoms. The van der Waals surface area contributed by atoms with E-state index in [4.69, 9.17) is 10.5 Å². The van der Waals surface area contributed by atoms with E-state index in [1.807, 2.05) is 24.3 Å². The van der Waals surface area contributed by atoms with Crippen molar-refractivity contribution in [3.63, 3.8) is 0 Å². The van der Waals surface area contributed by atoms with Gasteiger partial charge < -0.3 is 15.8 Å². The number of anilines is 1. The van der Waals surface area contributed by atoms with Crippen molar-refractivity contribution in [2.75, 3.05) is 25.5 Å². The molecule has 78 valence electrons. The van der Waals surface area contributed by atoms with E-state index in [1.165, 1.54) is 0 Å². The minimum atomic E-state index is 0.0682. The summed E-state index contributed by atoms with van der Waals surface area (Å²) in [5.41, 5.74) is 6.57. The molecule has 0 amide bonds. The van der Waals surface area contributed by atoms with Crippen LogP contribution in [0.2, 0.25) is 0 Å². The average molecular weight is 259 g/mol. The van der Waals surface area contributed by atoms with Crippen molar-refractivity contribution in [1.29, 1.82) is 0 Å². The summed E-state index contributed by atoms with van der Waals surface area (Å²) in [5, 5.41) is 3.25. The van der Waals surface area contributed by atoms with Crippen molar-refractivity contribution in [3.05, 3.63) is 28.7 Å². The Morgan fingerprint density at radius 3 is 2.57 bits per heavy atom. The molecule has 0 spiro atoms. The maximum atomic E-state index is 5.50. The number of hydrogen-bond donors (Lipinski definition) is 2. The molecule has 0 aliphatic rings. The molecule has 0 radical (unpaired) electrons. The number of benzene rings is 1. The fraction of sp³-hybridized carbons (Fsp3) is 0.400. The summed E-state index contributed by atoms with van der Waals surface area (Å²) in [4.78, 5) is 0. The number of halogens is 1. The third kappa shape index (κ3) is 3.65. The molecule has 1 atom stereocenters.